The van der Waals surface area contributed by atoms with Crippen LogP contribution < -0.4 is 10.6 Å². The molecule has 1 aromatic carbocycles. The minimum absolute atomic E-state index is 0.142. The Morgan fingerprint density at radius 3 is 2.69 bits per heavy atom. The minimum Gasteiger partial charge on any atom is -0.457 e. The van der Waals surface area contributed by atoms with E-state index in [1.165, 1.54) is 28.4 Å². The number of thiophene rings is 1. The van der Waals surface area contributed by atoms with Gasteiger partial charge >= 0.3 is 0 Å². The van der Waals surface area contributed by atoms with Gasteiger partial charge in [-0.05, 0) is 79.9 Å². The predicted octanol–water partition coefficient (Wildman–Crippen LogP) is 6.59. The smallest absolute Gasteiger partial charge is 0.250 e. The van der Waals surface area contributed by atoms with E-state index in [9.17, 15) is 10.1 Å². The highest BCUT2D eigenvalue weighted by Gasteiger charge is 2.21. The number of amides is 1. The lowest BCUT2D eigenvalue weighted by molar-refractivity contribution is -0.115. The number of carbonyl (C=O) groups excluding carboxylic acids is 1. The third-order valence-corrected chi connectivity index (χ3v) is 6.77. The predicted molar refractivity (Wildman–Crippen MR) is 133 cm³/mol. The SMILES string of the molecule is N#Cc1c(NC(=S)NC(=O)/C=C/c2ccc(-c3cc(Cl)cc(Cl)c3)o2)sc2c1CCCC2. The van der Waals surface area contributed by atoms with Gasteiger partial charge in [0.05, 0.1) is 5.56 Å². The number of anilines is 1. The number of hydrogen-bond acceptors (Lipinski definition) is 5. The van der Waals surface area contributed by atoms with Crippen molar-refractivity contribution in [3.05, 3.63) is 68.2 Å². The zero-order valence-corrected chi connectivity index (χ0v) is 19.9. The van der Waals surface area contributed by atoms with Crippen molar-refractivity contribution < 1.29 is 9.21 Å². The van der Waals surface area contributed by atoms with Gasteiger partial charge in [0.2, 0.25) is 5.91 Å². The van der Waals surface area contributed by atoms with Crippen LogP contribution in [0.15, 0.2) is 40.8 Å². The standard InChI is InChI=1S/C23H17Cl2N3O2S2/c24-14-9-13(10-15(25)11-14)19-7-5-16(30-19)6-8-21(29)27-23(31)28-22-18(12-26)17-3-1-2-4-20(17)32-22/h5-11H,1-4H2,(H2,27,28,29,31)/b8-6+. The van der Waals surface area contributed by atoms with Crippen molar-refractivity contribution in [2.24, 2.45) is 0 Å². The van der Waals surface area contributed by atoms with Crippen LogP contribution in [0.25, 0.3) is 17.4 Å². The van der Waals surface area contributed by atoms with Crippen LogP contribution in [-0.4, -0.2) is 11.0 Å². The van der Waals surface area contributed by atoms with E-state index in [-0.39, 0.29) is 5.11 Å². The number of nitriles is 1. The molecule has 9 heteroatoms. The zero-order chi connectivity index (χ0) is 22.7. The summed E-state index contributed by atoms with van der Waals surface area (Å²) in [6.07, 6.45) is 6.96. The van der Waals surface area contributed by atoms with Crippen LogP contribution in [0.1, 0.15) is 34.6 Å². The van der Waals surface area contributed by atoms with Gasteiger partial charge in [0.15, 0.2) is 5.11 Å². The molecule has 162 valence electrons. The largest absolute Gasteiger partial charge is 0.457 e. The van der Waals surface area contributed by atoms with E-state index >= 15 is 0 Å². The highest BCUT2D eigenvalue weighted by Crippen LogP contribution is 2.37. The number of furan rings is 1. The van der Waals surface area contributed by atoms with Crippen molar-refractivity contribution in [3.8, 4) is 17.4 Å². The first-order chi connectivity index (χ1) is 15.4. The van der Waals surface area contributed by atoms with E-state index < -0.39 is 5.91 Å². The summed E-state index contributed by atoms with van der Waals surface area (Å²) in [5.41, 5.74) is 2.47. The summed E-state index contributed by atoms with van der Waals surface area (Å²) < 4.78 is 5.74. The van der Waals surface area contributed by atoms with Crippen molar-refractivity contribution in [3.63, 3.8) is 0 Å². The molecular weight excluding hydrogens is 485 g/mol. The lowest BCUT2D eigenvalue weighted by atomic mass is 9.96. The number of benzene rings is 1. The molecule has 1 amide bonds. The number of halogens is 2. The zero-order valence-electron chi connectivity index (χ0n) is 16.7. The molecule has 0 saturated heterocycles. The highest BCUT2D eigenvalue weighted by molar-refractivity contribution is 7.80. The molecule has 0 aliphatic heterocycles. The summed E-state index contributed by atoms with van der Waals surface area (Å²) in [7, 11) is 0. The molecule has 2 heterocycles. The van der Waals surface area contributed by atoms with Crippen molar-refractivity contribution >= 4 is 68.9 Å². The van der Waals surface area contributed by atoms with Crippen LogP contribution in [0.3, 0.4) is 0 Å². The van der Waals surface area contributed by atoms with Gasteiger partial charge in [-0.15, -0.1) is 11.3 Å². The molecule has 0 spiro atoms. The van der Waals surface area contributed by atoms with Crippen LogP contribution in [0.2, 0.25) is 10.0 Å². The summed E-state index contributed by atoms with van der Waals surface area (Å²) in [5, 5.41) is 17.0. The lowest BCUT2D eigenvalue weighted by Crippen LogP contribution is -2.32. The van der Waals surface area contributed by atoms with Gasteiger partial charge in [-0.3, -0.25) is 10.1 Å². The molecule has 5 nitrogen and oxygen atoms in total. The van der Waals surface area contributed by atoms with Gasteiger partial charge in [-0.2, -0.15) is 5.26 Å². The third kappa shape index (κ3) is 5.22. The van der Waals surface area contributed by atoms with E-state index in [4.69, 9.17) is 39.8 Å². The van der Waals surface area contributed by atoms with E-state index in [1.807, 2.05) is 0 Å². The topological polar surface area (TPSA) is 78.1 Å². The molecule has 0 bridgehead atoms. The van der Waals surface area contributed by atoms with Crippen LogP contribution in [0, 0.1) is 11.3 Å². The number of nitrogens with one attached hydrogen (secondary N) is 2. The maximum atomic E-state index is 12.3. The fourth-order valence-electron chi connectivity index (χ4n) is 3.51. The van der Waals surface area contributed by atoms with E-state index in [0.717, 1.165) is 36.8 Å². The molecule has 0 fully saturated rings. The Bertz CT molecular complexity index is 1250. The molecule has 32 heavy (non-hydrogen) atoms. The van der Waals surface area contributed by atoms with E-state index in [0.29, 0.717) is 32.1 Å². The normalized spacial score (nSPS) is 12.9. The number of nitrogens with zero attached hydrogens (tertiary/aromatic N) is 1. The van der Waals surface area contributed by atoms with Crippen molar-refractivity contribution in [1.29, 1.82) is 5.26 Å². The molecule has 3 aromatic rings. The fourth-order valence-corrected chi connectivity index (χ4v) is 5.55. The molecule has 0 radical (unpaired) electrons. The maximum absolute atomic E-state index is 12.3. The first-order valence-electron chi connectivity index (χ1n) is 9.84. The van der Waals surface area contributed by atoms with Gasteiger partial charge in [0, 0.05) is 26.6 Å². The number of aryl methyl sites for hydroxylation is 1. The Morgan fingerprint density at radius 2 is 1.94 bits per heavy atom. The number of hydrogen-bond donors (Lipinski definition) is 2. The summed E-state index contributed by atoms with van der Waals surface area (Å²) in [5.74, 6) is 0.659. The van der Waals surface area contributed by atoms with Gasteiger partial charge < -0.3 is 9.73 Å². The van der Waals surface area contributed by atoms with Crippen molar-refractivity contribution in [2.45, 2.75) is 25.7 Å². The summed E-state index contributed by atoms with van der Waals surface area (Å²) >= 11 is 18.9. The fraction of sp³-hybridized carbons (Fsp3) is 0.174. The van der Waals surface area contributed by atoms with Crippen molar-refractivity contribution in [2.75, 3.05) is 5.32 Å². The lowest BCUT2D eigenvalue weighted by Gasteiger charge is -2.09. The second-order valence-electron chi connectivity index (χ2n) is 7.16. The second kappa shape index (κ2) is 9.88. The molecule has 0 atom stereocenters. The quantitative estimate of drug-likeness (QED) is 0.311. The van der Waals surface area contributed by atoms with E-state index in [2.05, 4.69) is 16.7 Å². The van der Waals surface area contributed by atoms with Crippen LogP contribution in [0.5, 0.6) is 0 Å². The monoisotopic (exact) mass is 501 g/mol. The van der Waals surface area contributed by atoms with Gasteiger partial charge in [-0.25, -0.2) is 0 Å². The molecule has 0 unspecified atom stereocenters. The Kier molecular flexibility index (Phi) is 6.97. The third-order valence-electron chi connectivity index (χ3n) is 4.92. The van der Waals surface area contributed by atoms with Gasteiger partial charge in [-0.1, -0.05) is 23.2 Å². The van der Waals surface area contributed by atoms with Crippen LogP contribution >= 0.6 is 46.8 Å². The molecule has 2 N–H and O–H groups in total. The first kappa shape index (κ1) is 22.6. The van der Waals surface area contributed by atoms with E-state index in [1.54, 1.807) is 30.3 Å². The Hall–Kier alpha value is -2.63. The molecule has 1 aliphatic rings. The number of fused-ring (bicyclic) bond motifs is 1. The molecule has 2 aromatic heterocycles. The Balaban J connectivity index is 1.38. The number of thiocarbonyl (C=S) groups is 1. The number of carbonyl (C=O) groups is 1. The second-order valence-corrected chi connectivity index (χ2v) is 9.55. The molecule has 4 rings (SSSR count). The summed E-state index contributed by atoms with van der Waals surface area (Å²) in [6, 6.07) is 10.9. The Labute approximate surface area is 204 Å². The van der Waals surface area contributed by atoms with Gasteiger partial charge in [0.1, 0.15) is 22.6 Å². The molecular formula is C23H17Cl2N3O2S2. The molecule has 0 saturated carbocycles. The summed E-state index contributed by atoms with van der Waals surface area (Å²) in [4.78, 5) is 13.5. The molecule has 1 aliphatic carbocycles. The highest BCUT2D eigenvalue weighted by atomic mass is 35.5. The van der Waals surface area contributed by atoms with Crippen LogP contribution in [0.4, 0.5) is 5.00 Å². The maximum Gasteiger partial charge on any atom is 0.250 e. The van der Waals surface area contributed by atoms with Crippen molar-refractivity contribution in [1.82, 2.24) is 5.32 Å². The van der Waals surface area contributed by atoms with Gasteiger partial charge in [0.25, 0.3) is 0 Å². The average Bonchev–Trinajstić information content (AvgIpc) is 3.35. The first-order valence-corrected chi connectivity index (χ1v) is 11.8. The Morgan fingerprint density at radius 1 is 1.19 bits per heavy atom. The number of rotatable bonds is 4. The minimum atomic E-state index is -0.411. The summed E-state index contributed by atoms with van der Waals surface area (Å²) in [6.45, 7) is 0. The average molecular weight is 502 g/mol. The van der Waals surface area contributed by atoms with Crippen LogP contribution in [-0.2, 0) is 17.6 Å².